The fourth-order valence-electron chi connectivity index (χ4n) is 0.393. The minimum atomic E-state index is 0. The maximum Gasteiger partial charge on any atom is 0 e. The summed E-state index contributed by atoms with van der Waals surface area (Å²) in [7, 11) is 0. The Morgan fingerprint density at radius 1 is 1.00 bits per heavy atom. The van der Waals surface area contributed by atoms with Crippen molar-refractivity contribution in [3.8, 4) is 0 Å². The Balaban J connectivity index is 0.000000250. The maximum atomic E-state index is 2.12. The van der Waals surface area contributed by atoms with Crippen molar-refractivity contribution in [1.82, 2.24) is 0 Å². The van der Waals surface area contributed by atoms with Gasteiger partial charge in [-0.25, -0.2) is 0 Å². The number of allylic oxidation sites excluding steroid dienone is 4. The Morgan fingerprint density at radius 3 is 1.67 bits per heavy atom. The average molecular weight is 152 g/mol. The van der Waals surface area contributed by atoms with Gasteiger partial charge in [0.05, 0.1) is 0 Å². The van der Waals surface area contributed by atoms with E-state index in [1.165, 1.54) is 0 Å². The van der Waals surface area contributed by atoms with Crippen LogP contribution in [0.5, 0.6) is 0 Å². The molecule has 0 unspecified atom stereocenters. The molecular weight excluding hydrogens is 146 g/mol. The van der Waals surface area contributed by atoms with Crippen LogP contribution in [0.4, 0.5) is 0 Å². The van der Waals surface area contributed by atoms with E-state index in [0.29, 0.717) is 0 Å². The molecule has 1 rings (SSSR count). The molecule has 0 heterocycles. The summed E-state index contributed by atoms with van der Waals surface area (Å²) in [6.45, 7) is 0. The summed E-state index contributed by atoms with van der Waals surface area (Å²) in [5, 5.41) is 0. The summed E-state index contributed by atoms with van der Waals surface area (Å²) in [4.78, 5) is 0. The zero-order valence-corrected chi connectivity index (χ0v) is 8.93. The molecule has 0 spiro atoms. The van der Waals surface area contributed by atoms with Crippen LogP contribution in [0.15, 0.2) is 24.3 Å². The number of hydrogen-bond acceptors (Lipinski definition) is 0. The second-order valence-corrected chi connectivity index (χ2v) is 1.09. The predicted octanol–water partition coefficient (Wildman–Crippen LogP) is 1.12. The zero-order valence-electron chi connectivity index (χ0n) is 4.02. The molecule has 0 atom stereocenters. The van der Waals surface area contributed by atoms with Crippen molar-refractivity contribution >= 4 is 58.2 Å². The molecule has 0 bridgehead atoms. The Hall–Kier alpha value is 1.29. The van der Waals surface area contributed by atoms with Crippen LogP contribution in [0.2, 0.25) is 0 Å². The van der Waals surface area contributed by atoms with E-state index in [1.807, 2.05) is 0 Å². The first-order chi connectivity index (χ1) is 2.50. The fraction of sp³-hybridized carbons (Fsp3) is 0.200. The van der Waals surface area contributed by atoms with E-state index in [2.05, 4.69) is 24.3 Å². The topological polar surface area (TPSA) is 0 Å². The summed E-state index contributed by atoms with van der Waals surface area (Å²) in [5.74, 6) is 0. The van der Waals surface area contributed by atoms with E-state index in [9.17, 15) is 0 Å². The molecule has 0 aliphatic heterocycles. The van der Waals surface area contributed by atoms with Crippen molar-refractivity contribution in [3.05, 3.63) is 24.3 Å². The van der Waals surface area contributed by atoms with E-state index >= 15 is 0 Å². The van der Waals surface area contributed by atoms with Crippen LogP contribution >= 0.6 is 0 Å². The molecular formula is C5H6Rb. The number of hydrogen-bond donors (Lipinski definition) is 0. The molecule has 6 heavy (non-hydrogen) atoms. The molecule has 0 saturated heterocycles. The molecule has 0 saturated carbocycles. The van der Waals surface area contributed by atoms with Gasteiger partial charge in [0.15, 0.2) is 0 Å². The zero-order chi connectivity index (χ0) is 3.54. The van der Waals surface area contributed by atoms with Crippen LogP contribution in [-0.2, 0) is 0 Å². The summed E-state index contributed by atoms with van der Waals surface area (Å²) < 4.78 is 0. The average Bonchev–Trinajstić information content (AvgIpc) is 1.76. The first-order valence-corrected chi connectivity index (χ1v) is 1.82. The first kappa shape index (κ1) is 7.29. The van der Waals surface area contributed by atoms with E-state index < -0.39 is 0 Å². The van der Waals surface area contributed by atoms with Gasteiger partial charge in [-0.15, -0.1) is 0 Å². The van der Waals surface area contributed by atoms with Gasteiger partial charge in [0.2, 0.25) is 0 Å². The molecule has 1 aliphatic carbocycles. The van der Waals surface area contributed by atoms with Gasteiger partial charge >= 0.3 is 0 Å². The van der Waals surface area contributed by atoms with E-state index in [1.54, 1.807) is 0 Å². The van der Waals surface area contributed by atoms with Crippen molar-refractivity contribution in [3.63, 3.8) is 0 Å². The van der Waals surface area contributed by atoms with E-state index in [4.69, 9.17) is 0 Å². The monoisotopic (exact) mass is 151 g/mol. The second kappa shape index (κ2) is 4.44. The molecule has 0 N–H and O–H groups in total. The Labute approximate surface area is 87.1 Å². The number of rotatable bonds is 0. The SMILES string of the molecule is C1=CCC=C1.[Rb]. The molecule has 0 amide bonds. The minimum absolute atomic E-state index is 0. The van der Waals surface area contributed by atoms with Gasteiger partial charge in [-0.1, -0.05) is 24.3 Å². The van der Waals surface area contributed by atoms with Gasteiger partial charge in [-0.05, 0) is 6.42 Å². The predicted molar refractivity (Wildman–Crippen MR) is 28.7 cm³/mol. The van der Waals surface area contributed by atoms with E-state index in [0.717, 1.165) is 6.42 Å². The van der Waals surface area contributed by atoms with E-state index in [-0.39, 0.29) is 58.2 Å². The molecule has 0 nitrogen and oxygen atoms in total. The molecule has 0 aromatic heterocycles. The normalized spacial score (nSPS) is 14.7. The smallest absolute Gasteiger partial charge is 0 e. The Morgan fingerprint density at radius 2 is 1.50 bits per heavy atom. The first-order valence-electron chi connectivity index (χ1n) is 1.82. The van der Waals surface area contributed by atoms with Gasteiger partial charge in [0.1, 0.15) is 0 Å². The molecule has 0 aromatic rings. The van der Waals surface area contributed by atoms with Crippen molar-refractivity contribution in [2.24, 2.45) is 0 Å². The molecule has 0 fully saturated rings. The fourth-order valence-corrected chi connectivity index (χ4v) is 0.393. The van der Waals surface area contributed by atoms with Gasteiger partial charge in [0, 0.05) is 58.2 Å². The summed E-state index contributed by atoms with van der Waals surface area (Å²) in [6.07, 6.45) is 9.50. The van der Waals surface area contributed by atoms with Gasteiger partial charge in [0.25, 0.3) is 0 Å². The van der Waals surface area contributed by atoms with Crippen LogP contribution in [-0.4, -0.2) is 58.2 Å². The van der Waals surface area contributed by atoms with Gasteiger partial charge < -0.3 is 0 Å². The van der Waals surface area contributed by atoms with Crippen LogP contribution < -0.4 is 0 Å². The van der Waals surface area contributed by atoms with Gasteiger partial charge in [-0.2, -0.15) is 0 Å². The quantitative estimate of drug-likeness (QED) is 0.487. The van der Waals surface area contributed by atoms with Gasteiger partial charge in [-0.3, -0.25) is 0 Å². The summed E-state index contributed by atoms with van der Waals surface area (Å²) in [6, 6.07) is 0. The third kappa shape index (κ3) is 2.46. The third-order valence-electron chi connectivity index (χ3n) is 0.655. The van der Waals surface area contributed by atoms with Crippen molar-refractivity contribution in [2.75, 3.05) is 0 Å². The van der Waals surface area contributed by atoms with Crippen molar-refractivity contribution < 1.29 is 0 Å². The molecule has 27 valence electrons. The van der Waals surface area contributed by atoms with Crippen LogP contribution in [0.3, 0.4) is 0 Å². The third-order valence-corrected chi connectivity index (χ3v) is 0.655. The van der Waals surface area contributed by atoms with Crippen molar-refractivity contribution in [2.45, 2.75) is 6.42 Å². The minimum Gasteiger partial charge on any atom is -0.0808 e. The molecule has 1 aliphatic rings. The van der Waals surface area contributed by atoms with Crippen LogP contribution in [0.1, 0.15) is 6.42 Å². The second-order valence-electron chi connectivity index (χ2n) is 1.09. The standard InChI is InChI=1S/C5H6.Rb/c1-2-4-5-3-1;/h1-4H,5H2;. The molecule has 1 radical (unpaired) electrons. The molecule has 0 aromatic carbocycles. The van der Waals surface area contributed by atoms with Crippen LogP contribution in [0, 0.1) is 0 Å². The largest absolute Gasteiger partial charge is 0.0808 e. The maximum absolute atomic E-state index is 2.12. The Kier molecular flexibility index (Phi) is 5.40. The summed E-state index contributed by atoms with van der Waals surface area (Å²) in [5.41, 5.74) is 0. The molecule has 1 heteroatoms. The Bertz CT molecular complexity index is 62.0. The van der Waals surface area contributed by atoms with Crippen molar-refractivity contribution in [1.29, 1.82) is 0 Å². The summed E-state index contributed by atoms with van der Waals surface area (Å²) >= 11 is 0. The van der Waals surface area contributed by atoms with Crippen LogP contribution in [0.25, 0.3) is 0 Å².